The zero-order valence-electron chi connectivity index (χ0n) is 29.3. The Morgan fingerprint density at radius 3 is 1.50 bits per heavy atom. The van der Waals surface area contributed by atoms with Gasteiger partial charge in [-0.2, -0.15) is 5.26 Å². The topological polar surface area (TPSA) is 59.9 Å². The van der Waals surface area contributed by atoms with E-state index in [0.29, 0.717) is 33.6 Å². The Hall–Kier alpha value is -7.69. The molecule has 0 saturated heterocycles. The summed E-state index contributed by atoms with van der Waals surface area (Å²) in [6.45, 7) is 0. The molecule has 0 fully saturated rings. The molecule has 0 atom stereocenters. The minimum absolute atomic E-state index is 0.219. The van der Waals surface area contributed by atoms with Crippen LogP contribution in [-0.2, 0) is 0 Å². The van der Waals surface area contributed by atoms with Gasteiger partial charge in [0.05, 0.1) is 39.0 Å². The minimum atomic E-state index is -0.738. The lowest BCUT2D eigenvalue weighted by Gasteiger charge is -2.20. The highest BCUT2D eigenvalue weighted by Gasteiger charge is 2.29. The lowest BCUT2D eigenvalue weighted by molar-refractivity contribution is 0.589. The number of hydrogen-bond donors (Lipinski definition) is 0. The summed E-state index contributed by atoms with van der Waals surface area (Å²) in [5, 5.41) is 19.0. The quantitative estimate of drug-likeness (QED) is 0.182. The smallest absolute Gasteiger partial charge is 0.160 e. The van der Waals surface area contributed by atoms with Crippen LogP contribution in [0, 0.1) is 23.0 Å². The Morgan fingerprint density at radius 1 is 0.446 bits per heavy atom. The average molecular weight is 726 g/mol. The summed E-state index contributed by atoms with van der Waals surface area (Å²) in [5.74, 6) is -1.48. The van der Waals surface area contributed by atoms with E-state index in [0.717, 1.165) is 65.2 Å². The zero-order valence-corrected chi connectivity index (χ0v) is 29.3. The number of nitrogens with zero attached hydrogens (tertiary/aromatic N) is 3. The Labute approximate surface area is 316 Å². The maximum atomic E-state index is 16.1. The molecular weight excluding hydrogens is 701 g/mol. The molecule has 12 aromatic rings. The zero-order chi connectivity index (χ0) is 37.2. The molecule has 0 unspecified atom stereocenters. The molecule has 0 aliphatic heterocycles. The van der Waals surface area contributed by atoms with Crippen molar-refractivity contribution in [3.63, 3.8) is 0 Å². The van der Waals surface area contributed by atoms with E-state index in [4.69, 9.17) is 8.83 Å². The predicted octanol–water partition coefficient (Wildman–Crippen LogP) is 13.5. The highest BCUT2D eigenvalue weighted by molar-refractivity contribution is 6.23. The standard InChI is InChI=1S/C49H25F2N3O2/c50-37-14-9-15-38(51)44(37)35-24-25-41(53-39-16-5-1-10-27(39)31-20-22-33-29-12-3-7-18-42(29)55-48(33)46(31)53)36(26-52)45(35)54-40-17-6-2-11-28(40)32-21-23-34-30-13-4-8-19-43(30)56-49(34)47(32)54/h1-25H. The molecule has 5 nitrogen and oxygen atoms in total. The fraction of sp³-hybridized carbons (Fsp3) is 0. The van der Waals surface area contributed by atoms with Crippen molar-refractivity contribution in [3.8, 4) is 28.6 Å². The lowest BCUT2D eigenvalue weighted by atomic mass is 9.97. The van der Waals surface area contributed by atoms with Gasteiger partial charge >= 0.3 is 0 Å². The van der Waals surface area contributed by atoms with Crippen LogP contribution >= 0.6 is 0 Å². The molecule has 7 heteroatoms. The van der Waals surface area contributed by atoms with E-state index in [1.54, 1.807) is 12.1 Å². The molecule has 8 aromatic carbocycles. The number of hydrogen-bond acceptors (Lipinski definition) is 3. The van der Waals surface area contributed by atoms with E-state index in [2.05, 4.69) is 41.0 Å². The first-order valence-corrected chi connectivity index (χ1v) is 18.3. The number of fused-ring (bicyclic) bond motifs is 14. The molecule has 0 amide bonds. The molecule has 0 N–H and O–H groups in total. The van der Waals surface area contributed by atoms with Crippen LogP contribution < -0.4 is 0 Å². The highest BCUT2D eigenvalue weighted by atomic mass is 19.1. The van der Waals surface area contributed by atoms with Crippen LogP contribution in [0.15, 0.2) is 160 Å². The number of para-hydroxylation sites is 4. The van der Waals surface area contributed by atoms with Gasteiger partial charge in [-0.15, -0.1) is 0 Å². The molecule has 0 spiro atoms. The van der Waals surface area contributed by atoms with Crippen molar-refractivity contribution in [2.24, 2.45) is 0 Å². The minimum Gasteiger partial charge on any atom is -0.454 e. The molecule has 0 bridgehead atoms. The molecule has 262 valence electrons. The van der Waals surface area contributed by atoms with Gasteiger partial charge in [-0.3, -0.25) is 0 Å². The van der Waals surface area contributed by atoms with Gasteiger partial charge in [0.25, 0.3) is 0 Å². The normalized spacial score (nSPS) is 12.1. The van der Waals surface area contributed by atoms with Crippen LogP contribution in [0.3, 0.4) is 0 Å². The van der Waals surface area contributed by atoms with Gasteiger partial charge in [0, 0.05) is 48.7 Å². The number of nitriles is 1. The third kappa shape index (κ3) is 3.94. The van der Waals surface area contributed by atoms with Gasteiger partial charge in [-0.25, -0.2) is 8.78 Å². The van der Waals surface area contributed by atoms with Gasteiger partial charge in [0.15, 0.2) is 11.2 Å². The van der Waals surface area contributed by atoms with Crippen molar-refractivity contribution in [3.05, 3.63) is 169 Å². The number of furan rings is 2. The molecule has 0 aliphatic rings. The molecule has 0 radical (unpaired) electrons. The van der Waals surface area contributed by atoms with Crippen molar-refractivity contribution >= 4 is 87.5 Å². The highest BCUT2D eigenvalue weighted by Crippen LogP contribution is 2.46. The van der Waals surface area contributed by atoms with Crippen LogP contribution in [0.25, 0.3) is 110 Å². The molecular formula is C49H25F2N3O2. The van der Waals surface area contributed by atoms with Crippen molar-refractivity contribution in [2.45, 2.75) is 0 Å². The average Bonchev–Trinajstić information content (AvgIpc) is 3.98. The van der Waals surface area contributed by atoms with E-state index < -0.39 is 11.6 Å². The fourth-order valence-electron chi connectivity index (χ4n) is 9.01. The van der Waals surface area contributed by atoms with E-state index >= 15 is 8.78 Å². The summed E-state index contributed by atoms with van der Waals surface area (Å²) in [7, 11) is 0. The molecule has 4 aromatic heterocycles. The van der Waals surface area contributed by atoms with E-state index in [1.165, 1.54) is 18.2 Å². The third-order valence-corrected chi connectivity index (χ3v) is 11.3. The van der Waals surface area contributed by atoms with Gasteiger partial charge in [-0.05, 0) is 60.7 Å². The first-order chi connectivity index (χ1) is 27.6. The Kier molecular flexibility index (Phi) is 6.13. The predicted molar refractivity (Wildman–Crippen MR) is 220 cm³/mol. The summed E-state index contributed by atoms with van der Waals surface area (Å²) in [6, 6.07) is 49.9. The first kappa shape index (κ1) is 30.7. The maximum Gasteiger partial charge on any atom is 0.160 e. The lowest BCUT2D eigenvalue weighted by Crippen LogP contribution is -2.07. The molecule has 56 heavy (non-hydrogen) atoms. The second-order valence-corrected chi connectivity index (χ2v) is 14.1. The van der Waals surface area contributed by atoms with E-state index in [1.807, 2.05) is 95.6 Å². The fourth-order valence-corrected chi connectivity index (χ4v) is 9.01. The SMILES string of the molecule is N#Cc1c(-n2c3ccccc3c3ccc4c5ccccc5oc4c32)ccc(-c2c(F)cccc2F)c1-n1c2ccccc2c2ccc3c4ccccc4oc3c21. The summed E-state index contributed by atoms with van der Waals surface area (Å²) in [6.07, 6.45) is 0. The van der Waals surface area contributed by atoms with Crippen molar-refractivity contribution < 1.29 is 17.6 Å². The number of aromatic nitrogens is 2. The van der Waals surface area contributed by atoms with Gasteiger partial charge in [0.1, 0.15) is 34.4 Å². The van der Waals surface area contributed by atoms with Crippen LogP contribution in [0.2, 0.25) is 0 Å². The molecule has 0 aliphatic carbocycles. The monoisotopic (exact) mass is 725 g/mol. The van der Waals surface area contributed by atoms with Crippen LogP contribution in [-0.4, -0.2) is 9.13 Å². The summed E-state index contributed by atoms with van der Waals surface area (Å²) < 4.78 is 49.5. The molecule has 0 saturated carbocycles. The van der Waals surface area contributed by atoms with Crippen molar-refractivity contribution in [1.29, 1.82) is 5.26 Å². The van der Waals surface area contributed by atoms with Gasteiger partial charge < -0.3 is 18.0 Å². The first-order valence-electron chi connectivity index (χ1n) is 18.3. The Morgan fingerprint density at radius 2 is 0.929 bits per heavy atom. The summed E-state index contributed by atoms with van der Waals surface area (Å²) in [5.41, 5.74) is 6.90. The van der Waals surface area contributed by atoms with Crippen molar-refractivity contribution in [2.75, 3.05) is 0 Å². The Balaban J connectivity index is 1.31. The molecule has 12 rings (SSSR count). The number of benzene rings is 8. The maximum absolute atomic E-state index is 16.1. The second-order valence-electron chi connectivity index (χ2n) is 14.1. The molecule has 4 heterocycles. The summed E-state index contributed by atoms with van der Waals surface area (Å²) in [4.78, 5) is 0. The van der Waals surface area contributed by atoms with Gasteiger partial charge in [0.2, 0.25) is 0 Å². The van der Waals surface area contributed by atoms with E-state index in [-0.39, 0.29) is 16.7 Å². The van der Waals surface area contributed by atoms with Crippen molar-refractivity contribution in [1.82, 2.24) is 9.13 Å². The Bertz CT molecular complexity index is 3690. The van der Waals surface area contributed by atoms with Crippen LogP contribution in [0.4, 0.5) is 8.78 Å². The second kappa shape index (κ2) is 11.2. The number of rotatable bonds is 3. The van der Waals surface area contributed by atoms with Crippen LogP contribution in [0.1, 0.15) is 5.56 Å². The third-order valence-electron chi connectivity index (χ3n) is 11.3. The van der Waals surface area contributed by atoms with Gasteiger partial charge in [-0.1, -0.05) is 91.0 Å². The number of halogens is 2. The largest absolute Gasteiger partial charge is 0.454 e. The van der Waals surface area contributed by atoms with E-state index in [9.17, 15) is 5.26 Å². The summed E-state index contributed by atoms with van der Waals surface area (Å²) >= 11 is 0. The van der Waals surface area contributed by atoms with Crippen LogP contribution in [0.5, 0.6) is 0 Å².